The fourth-order valence-electron chi connectivity index (χ4n) is 1.72. The van der Waals surface area contributed by atoms with Gasteiger partial charge in [-0.25, -0.2) is 0 Å². The van der Waals surface area contributed by atoms with Gasteiger partial charge < -0.3 is 9.64 Å². The molecule has 0 saturated carbocycles. The molecule has 0 atom stereocenters. The first-order valence-electron chi connectivity index (χ1n) is 6.77. The van der Waals surface area contributed by atoms with Gasteiger partial charge in [0.2, 0.25) is 0 Å². The number of amides is 1. The lowest BCUT2D eigenvalue weighted by Crippen LogP contribution is -2.42. The highest BCUT2D eigenvalue weighted by Gasteiger charge is 2.13. The van der Waals surface area contributed by atoms with E-state index in [2.05, 4.69) is 34.4 Å². The molecule has 0 aliphatic rings. The van der Waals surface area contributed by atoms with Crippen molar-refractivity contribution in [2.24, 2.45) is 0 Å². The summed E-state index contributed by atoms with van der Waals surface area (Å²) < 4.78 is 6.14. The lowest BCUT2D eigenvalue weighted by Gasteiger charge is -2.22. The van der Waals surface area contributed by atoms with Crippen LogP contribution in [-0.2, 0) is 0 Å². The number of hydrogen-bond donors (Lipinski definition) is 1. The normalized spacial score (nSPS) is 9.73. The second-order valence-corrected chi connectivity index (χ2v) is 5.56. The minimum absolute atomic E-state index is 0.271. The lowest BCUT2D eigenvalue weighted by atomic mass is 10.2. The van der Waals surface area contributed by atoms with Crippen molar-refractivity contribution in [2.45, 2.75) is 6.92 Å². The monoisotopic (exact) mass is 382 g/mol. The molecule has 6 heteroatoms. The van der Waals surface area contributed by atoms with E-state index in [9.17, 15) is 4.79 Å². The summed E-state index contributed by atoms with van der Waals surface area (Å²) in [6, 6.07) is 5.14. The van der Waals surface area contributed by atoms with E-state index < -0.39 is 0 Å². The van der Waals surface area contributed by atoms with E-state index in [0.717, 1.165) is 4.47 Å². The molecule has 4 nitrogen and oxygen atoms in total. The fraction of sp³-hybridized carbons (Fsp3) is 0.250. The number of nitrogens with one attached hydrogen (secondary N) is 1. The first-order chi connectivity index (χ1) is 10.5. The Balaban J connectivity index is 2.79. The van der Waals surface area contributed by atoms with Crippen molar-refractivity contribution >= 4 is 39.2 Å². The van der Waals surface area contributed by atoms with Gasteiger partial charge in [-0.2, -0.15) is 0 Å². The van der Waals surface area contributed by atoms with Crippen LogP contribution in [0.2, 0.25) is 0 Å². The molecule has 22 heavy (non-hydrogen) atoms. The van der Waals surface area contributed by atoms with Crippen LogP contribution in [0, 0.1) is 0 Å². The molecule has 0 spiro atoms. The number of nitrogens with zero attached hydrogens (tertiary/aromatic N) is 1. The third-order valence-electron chi connectivity index (χ3n) is 2.70. The summed E-state index contributed by atoms with van der Waals surface area (Å²) in [6.45, 7) is 10.9. The van der Waals surface area contributed by atoms with E-state index in [0.29, 0.717) is 36.1 Å². The summed E-state index contributed by atoms with van der Waals surface area (Å²) in [4.78, 5) is 14.0. The zero-order valence-corrected chi connectivity index (χ0v) is 14.9. The molecule has 0 saturated heterocycles. The van der Waals surface area contributed by atoms with Crippen LogP contribution >= 0.6 is 28.1 Å². The highest BCUT2D eigenvalue weighted by atomic mass is 79.9. The number of hydrogen-bond acceptors (Lipinski definition) is 3. The summed E-state index contributed by atoms with van der Waals surface area (Å²) in [5.41, 5.74) is 0.495. The van der Waals surface area contributed by atoms with Gasteiger partial charge in [0, 0.05) is 18.7 Å². The summed E-state index contributed by atoms with van der Waals surface area (Å²) in [6.07, 6.45) is 3.44. The molecular weight excluding hydrogens is 364 g/mol. The highest BCUT2D eigenvalue weighted by molar-refractivity contribution is 9.10. The van der Waals surface area contributed by atoms with Crippen LogP contribution in [-0.4, -0.2) is 35.6 Å². The third kappa shape index (κ3) is 5.27. The quantitative estimate of drug-likeness (QED) is 0.578. The number of benzene rings is 1. The minimum atomic E-state index is -0.271. The van der Waals surface area contributed by atoms with Crippen molar-refractivity contribution in [1.29, 1.82) is 0 Å². The standard InChI is InChI=1S/C16H19BrN2O2S/c1-4-9-19(10-5-2)16(22)18-15(20)12-7-8-14(21-6-3)13(17)11-12/h4-5,7-8,11H,1-2,6,9-10H2,3H3,(H,18,20,22). The van der Waals surface area contributed by atoms with Gasteiger partial charge in [0.15, 0.2) is 5.11 Å². The molecule has 0 aliphatic heterocycles. The Labute approximate surface area is 145 Å². The maximum Gasteiger partial charge on any atom is 0.257 e. The van der Waals surface area contributed by atoms with E-state index in [1.54, 1.807) is 35.3 Å². The molecule has 1 aromatic carbocycles. The Morgan fingerprint density at radius 1 is 1.41 bits per heavy atom. The van der Waals surface area contributed by atoms with Crippen LogP contribution in [0.25, 0.3) is 0 Å². The fourth-order valence-corrected chi connectivity index (χ4v) is 2.45. The van der Waals surface area contributed by atoms with Gasteiger partial charge in [-0.05, 0) is 53.3 Å². The number of carbonyl (C=O) groups is 1. The third-order valence-corrected chi connectivity index (χ3v) is 3.68. The molecule has 1 rings (SSSR count). The van der Waals surface area contributed by atoms with Crippen LogP contribution < -0.4 is 10.1 Å². The smallest absolute Gasteiger partial charge is 0.257 e. The Kier molecular flexibility index (Phi) is 7.84. The molecule has 0 heterocycles. The summed E-state index contributed by atoms with van der Waals surface area (Å²) in [5.74, 6) is 0.424. The molecular formula is C16H19BrN2O2S. The topological polar surface area (TPSA) is 41.6 Å². The first kappa shape index (κ1) is 18.4. The van der Waals surface area contributed by atoms with Crippen molar-refractivity contribution in [2.75, 3.05) is 19.7 Å². The molecule has 118 valence electrons. The average molecular weight is 383 g/mol. The molecule has 1 aromatic rings. The molecule has 0 fully saturated rings. The van der Waals surface area contributed by atoms with Gasteiger partial charge in [-0.1, -0.05) is 12.2 Å². The van der Waals surface area contributed by atoms with Gasteiger partial charge in [0.25, 0.3) is 5.91 Å². The predicted octanol–water partition coefficient (Wildman–Crippen LogP) is 3.54. The van der Waals surface area contributed by atoms with Crippen LogP contribution in [0.1, 0.15) is 17.3 Å². The Morgan fingerprint density at radius 3 is 2.55 bits per heavy atom. The second-order valence-electron chi connectivity index (χ2n) is 4.32. The Morgan fingerprint density at radius 2 is 2.05 bits per heavy atom. The predicted molar refractivity (Wildman–Crippen MR) is 97.3 cm³/mol. The molecule has 0 unspecified atom stereocenters. The van der Waals surface area contributed by atoms with E-state index in [1.807, 2.05) is 6.92 Å². The minimum Gasteiger partial charge on any atom is -0.493 e. The van der Waals surface area contributed by atoms with Gasteiger partial charge in [-0.3, -0.25) is 10.1 Å². The lowest BCUT2D eigenvalue weighted by molar-refractivity contribution is 0.0974. The second kappa shape index (κ2) is 9.38. The van der Waals surface area contributed by atoms with Gasteiger partial charge in [-0.15, -0.1) is 13.2 Å². The van der Waals surface area contributed by atoms with Crippen LogP contribution in [0.15, 0.2) is 48.0 Å². The molecule has 0 radical (unpaired) electrons. The largest absolute Gasteiger partial charge is 0.493 e. The molecule has 1 N–H and O–H groups in total. The van der Waals surface area contributed by atoms with Crippen LogP contribution in [0.3, 0.4) is 0 Å². The number of thiocarbonyl (C=S) groups is 1. The van der Waals surface area contributed by atoms with E-state index in [1.165, 1.54) is 0 Å². The van der Waals surface area contributed by atoms with Gasteiger partial charge >= 0.3 is 0 Å². The molecule has 0 bridgehead atoms. The average Bonchev–Trinajstić information content (AvgIpc) is 2.49. The maximum absolute atomic E-state index is 12.3. The molecule has 0 aromatic heterocycles. The number of halogens is 1. The first-order valence-corrected chi connectivity index (χ1v) is 7.98. The number of carbonyl (C=O) groups excluding carboxylic acids is 1. The van der Waals surface area contributed by atoms with Crippen molar-refractivity contribution in [3.8, 4) is 5.75 Å². The van der Waals surface area contributed by atoms with E-state index >= 15 is 0 Å². The number of ether oxygens (including phenoxy) is 1. The van der Waals surface area contributed by atoms with Crippen LogP contribution in [0.4, 0.5) is 0 Å². The number of rotatable bonds is 7. The van der Waals surface area contributed by atoms with Crippen molar-refractivity contribution in [1.82, 2.24) is 10.2 Å². The summed E-state index contributed by atoms with van der Waals surface area (Å²) in [7, 11) is 0. The van der Waals surface area contributed by atoms with Gasteiger partial charge in [0.1, 0.15) is 5.75 Å². The molecule has 1 amide bonds. The van der Waals surface area contributed by atoms with Crippen molar-refractivity contribution in [3.05, 3.63) is 53.5 Å². The van der Waals surface area contributed by atoms with E-state index in [4.69, 9.17) is 17.0 Å². The zero-order chi connectivity index (χ0) is 16.5. The van der Waals surface area contributed by atoms with Crippen LogP contribution in [0.5, 0.6) is 5.75 Å². The molecule has 0 aliphatic carbocycles. The Bertz CT molecular complexity index is 565. The van der Waals surface area contributed by atoms with Gasteiger partial charge in [0.05, 0.1) is 11.1 Å². The summed E-state index contributed by atoms with van der Waals surface area (Å²) in [5, 5.41) is 3.05. The van der Waals surface area contributed by atoms with Crippen molar-refractivity contribution in [3.63, 3.8) is 0 Å². The Hall–Kier alpha value is -1.66. The highest BCUT2D eigenvalue weighted by Crippen LogP contribution is 2.25. The summed E-state index contributed by atoms with van der Waals surface area (Å²) >= 11 is 8.63. The van der Waals surface area contributed by atoms with E-state index in [-0.39, 0.29) is 5.91 Å². The SMILES string of the molecule is C=CCN(CC=C)C(=S)NC(=O)c1ccc(OCC)c(Br)c1. The zero-order valence-electron chi connectivity index (χ0n) is 12.5. The maximum atomic E-state index is 12.3. The van der Waals surface area contributed by atoms with Crippen molar-refractivity contribution < 1.29 is 9.53 Å².